The van der Waals surface area contributed by atoms with E-state index in [-0.39, 0.29) is 11.8 Å². The molecule has 7 heteroatoms. The molecule has 0 aromatic heterocycles. The molecule has 2 N–H and O–H groups in total. The molecule has 0 aliphatic heterocycles. The van der Waals surface area contributed by atoms with Gasteiger partial charge >= 0.3 is 0 Å². The Bertz CT molecular complexity index is 1220. The Morgan fingerprint density at radius 3 is 2.28 bits per heavy atom. The number of sulfone groups is 1. The summed E-state index contributed by atoms with van der Waals surface area (Å²) in [5.74, 6) is 0.000581. The minimum absolute atomic E-state index is 0.220. The summed E-state index contributed by atoms with van der Waals surface area (Å²) >= 11 is 0. The molecule has 1 amide bonds. The van der Waals surface area contributed by atoms with E-state index in [1.807, 2.05) is 45.0 Å². The molecule has 0 saturated carbocycles. The van der Waals surface area contributed by atoms with E-state index in [1.165, 1.54) is 0 Å². The van der Waals surface area contributed by atoms with E-state index >= 15 is 0 Å². The fourth-order valence-corrected chi connectivity index (χ4v) is 3.51. The molecule has 0 radical (unpaired) electrons. The maximum absolute atomic E-state index is 12.6. The summed E-state index contributed by atoms with van der Waals surface area (Å²) in [5, 5.41) is 5.78. The van der Waals surface area contributed by atoms with Gasteiger partial charge in [-0.3, -0.25) is 4.79 Å². The molecule has 0 spiro atoms. The first-order valence-electron chi connectivity index (χ1n) is 10.2. The maximum atomic E-state index is 12.6. The molecule has 3 rings (SSSR count). The third kappa shape index (κ3) is 6.59. The summed E-state index contributed by atoms with van der Waals surface area (Å²) in [6.45, 7) is 6.31. The standard InChI is InChI=1S/C25H28N2O4S/c1-17-6-9-20(10-7-17)25(28)27-22-11-12-23(26-16-32(4,29)30)24(14-22)31-15-21-13-18(2)5-8-19(21)3/h5-14,26H,15-16H2,1-4H3,(H,27,28). The van der Waals surface area contributed by atoms with Crippen LogP contribution >= 0.6 is 0 Å². The van der Waals surface area contributed by atoms with Crippen molar-refractivity contribution in [3.05, 3.63) is 88.5 Å². The first kappa shape index (κ1) is 23.3. The molecule has 3 aromatic carbocycles. The molecule has 0 aliphatic carbocycles. The van der Waals surface area contributed by atoms with E-state index in [1.54, 1.807) is 30.3 Å². The predicted octanol–water partition coefficient (Wildman–Crippen LogP) is 4.86. The van der Waals surface area contributed by atoms with Crippen LogP contribution in [0.15, 0.2) is 60.7 Å². The van der Waals surface area contributed by atoms with E-state index in [2.05, 4.69) is 16.7 Å². The molecule has 0 atom stereocenters. The first-order valence-corrected chi connectivity index (χ1v) is 12.3. The van der Waals surface area contributed by atoms with Crippen LogP contribution in [0.25, 0.3) is 0 Å². The average Bonchev–Trinajstić information content (AvgIpc) is 2.73. The number of rotatable bonds is 8. The first-order chi connectivity index (χ1) is 15.1. The Labute approximate surface area is 189 Å². The van der Waals surface area contributed by atoms with Crippen molar-refractivity contribution in [2.45, 2.75) is 27.4 Å². The van der Waals surface area contributed by atoms with Crippen LogP contribution in [0.2, 0.25) is 0 Å². The molecular formula is C25H28N2O4S. The Morgan fingerprint density at radius 2 is 1.59 bits per heavy atom. The van der Waals surface area contributed by atoms with Crippen molar-refractivity contribution < 1.29 is 17.9 Å². The molecule has 6 nitrogen and oxygen atoms in total. The summed E-state index contributed by atoms with van der Waals surface area (Å²) in [7, 11) is -3.22. The van der Waals surface area contributed by atoms with Crippen molar-refractivity contribution in [1.82, 2.24) is 0 Å². The summed E-state index contributed by atoms with van der Waals surface area (Å²) in [6.07, 6.45) is 1.16. The molecule has 0 bridgehead atoms. The fraction of sp³-hybridized carbons (Fsp3) is 0.240. The highest BCUT2D eigenvalue weighted by atomic mass is 32.2. The van der Waals surface area contributed by atoms with Gasteiger partial charge in [-0.15, -0.1) is 0 Å². The van der Waals surface area contributed by atoms with Crippen LogP contribution in [0.1, 0.15) is 32.6 Å². The van der Waals surface area contributed by atoms with E-state index in [0.717, 1.165) is 28.5 Å². The van der Waals surface area contributed by atoms with Gasteiger partial charge in [0.2, 0.25) is 0 Å². The number of hydrogen-bond acceptors (Lipinski definition) is 5. The Morgan fingerprint density at radius 1 is 0.906 bits per heavy atom. The lowest BCUT2D eigenvalue weighted by Crippen LogP contribution is -2.14. The normalized spacial score (nSPS) is 11.1. The number of carbonyl (C=O) groups excluding carboxylic acids is 1. The minimum atomic E-state index is -3.22. The van der Waals surface area contributed by atoms with E-state index in [9.17, 15) is 13.2 Å². The summed E-state index contributed by atoms with van der Waals surface area (Å²) < 4.78 is 29.3. The molecule has 0 heterocycles. The molecule has 0 fully saturated rings. The second kappa shape index (κ2) is 9.87. The molecule has 0 saturated heterocycles. The second-order valence-electron chi connectivity index (χ2n) is 8.00. The highest BCUT2D eigenvalue weighted by Crippen LogP contribution is 2.30. The third-order valence-corrected chi connectivity index (χ3v) is 5.63. The van der Waals surface area contributed by atoms with Crippen molar-refractivity contribution >= 4 is 27.1 Å². The third-order valence-electron chi connectivity index (χ3n) is 4.97. The van der Waals surface area contributed by atoms with Crippen LogP contribution in [0, 0.1) is 20.8 Å². The zero-order valence-electron chi connectivity index (χ0n) is 18.7. The van der Waals surface area contributed by atoms with Gasteiger partial charge in [0.05, 0.1) is 5.69 Å². The van der Waals surface area contributed by atoms with Crippen LogP contribution in [0.4, 0.5) is 11.4 Å². The van der Waals surface area contributed by atoms with Crippen LogP contribution in [-0.2, 0) is 16.4 Å². The van der Waals surface area contributed by atoms with Crippen molar-refractivity contribution in [3.8, 4) is 5.75 Å². The second-order valence-corrected chi connectivity index (χ2v) is 10.1. The average molecular weight is 453 g/mol. The topological polar surface area (TPSA) is 84.5 Å². The summed E-state index contributed by atoms with van der Waals surface area (Å²) in [5.41, 5.74) is 5.98. The van der Waals surface area contributed by atoms with Gasteiger partial charge < -0.3 is 15.4 Å². The van der Waals surface area contributed by atoms with Crippen molar-refractivity contribution in [2.75, 3.05) is 22.8 Å². The number of hydrogen-bond donors (Lipinski definition) is 2. The van der Waals surface area contributed by atoms with Gasteiger partial charge in [-0.1, -0.05) is 41.5 Å². The smallest absolute Gasteiger partial charge is 0.255 e. The molecule has 168 valence electrons. The molecule has 0 aliphatic rings. The van der Waals surface area contributed by atoms with Crippen LogP contribution < -0.4 is 15.4 Å². The Kier molecular flexibility index (Phi) is 7.20. The quantitative estimate of drug-likeness (QED) is 0.510. The number of anilines is 2. The summed E-state index contributed by atoms with van der Waals surface area (Å²) in [4.78, 5) is 12.6. The van der Waals surface area contributed by atoms with Gasteiger partial charge in [0.15, 0.2) is 9.84 Å². The number of amides is 1. The summed E-state index contributed by atoms with van der Waals surface area (Å²) in [6, 6.07) is 18.5. The number of nitrogens with one attached hydrogen (secondary N) is 2. The van der Waals surface area contributed by atoms with Crippen molar-refractivity contribution in [1.29, 1.82) is 0 Å². The van der Waals surface area contributed by atoms with Crippen LogP contribution in [0.3, 0.4) is 0 Å². The Balaban J connectivity index is 1.83. The lowest BCUT2D eigenvalue weighted by molar-refractivity contribution is 0.102. The number of aryl methyl sites for hydroxylation is 3. The molecule has 32 heavy (non-hydrogen) atoms. The van der Waals surface area contributed by atoms with Gasteiger partial charge in [-0.25, -0.2) is 8.42 Å². The Hall–Kier alpha value is -3.32. The van der Waals surface area contributed by atoms with Crippen LogP contribution in [0.5, 0.6) is 5.75 Å². The largest absolute Gasteiger partial charge is 0.487 e. The van der Waals surface area contributed by atoms with Gasteiger partial charge in [0.1, 0.15) is 18.2 Å². The maximum Gasteiger partial charge on any atom is 0.255 e. The number of carbonyl (C=O) groups is 1. The van der Waals surface area contributed by atoms with Crippen LogP contribution in [-0.4, -0.2) is 26.5 Å². The monoisotopic (exact) mass is 452 g/mol. The van der Waals surface area contributed by atoms with Crippen molar-refractivity contribution in [3.63, 3.8) is 0 Å². The van der Waals surface area contributed by atoms with E-state index in [4.69, 9.17) is 4.74 Å². The van der Waals surface area contributed by atoms with Crippen molar-refractivity contribution in [2.24, 2.45) is 0 Å². The zero-order chi connectivity index (χ0) is 23.3. The van der Waals surface area contributed by atoms with E-state index in [0.29, 0.717) is 29.3 Å². The fourth-order valence-electron chi connectivity index (χ4n) is 3.09. The number of ether oxygens (including phenoxy) is 1. The van der Waals surface area contributed by atoms with Gasteiger partial charge in [0.25, 0.3) is 5.91 Å². The highest BCUT2D eigenvalue weighted by Gasteiger charge is 2.12. The van der Waals surface area contributed by atoms with Gasteiger partial charge in [-0.2, -0.15) is 0 Å². The van der Waals surface area contributed by atoms with Gasteiger partial charge in [0, 0.05) is 23.6 Å². The van der Waals surface area contributed by atoms with E-state index < -0.39 is 9.84 Å². The molecule has 3 aromatic rings. The minimum Gasteiger partial charge on any atom is -0.487 e. The lowest BCUT2D eigenvalue weighted by Gasteiger charge is -2.16. The SMILES string of the molecule is Cc1ccc(C(=O)Nc2ccc(NCS(C)(=O)=O)c(OCc3cc(C)ccc3C)c2)cc1. The van der Waals surface area contributed by atoms with Gasteiger partial charge in [-0.05, 0) is 56.2 Å². The zero-order valence-corrected chi connectivity index (χ0v) is 19.5. The highest BCUT2D eigenvalue weighted by molar-refractivity contribution is 7.90. The predicted molar refractivity (Wildman–Crippen MR) is 129 cm³/mol. The molecular weight excluding hydrogens is 424 g/mol. The number of benzene rings is 3. The lowest BCUT2D eigenvalue weighted by atomic mass is 10.1. The molecule has 0 unspecified atom stereocenters.